The Balaban J connectivity index is 1.11. The summed E-state index contributed by atoms with van der Waals surface area (Å²) < 4.78 is 11.1. The van der Waals surface area contributed by atoms with Gasteiger partial charge in [0.25, 0.3) is 0 Å². The first kappa shape index (κ1) is 31.5. The number of piperazine rings is 1. The smallest absolute Gasteiger partial charge is 0.335 e. The predicted octanol–water partition coefficient (Wildman–Crippen LogP) is 3.34. The van der Waals surface area contributed by atoms with Crippen molar-refractivity contribution in [1.29, 1.82) is 0 Å². The van der Waals surface area contributed by atoms with Crippen molar-refractivity contribution in [3.8, 4) is 0 Å². The topological polar surface area (TPSA) is 124 Å². The largest absolute Gasteiger partial charge is 0.462 e. The number of nitrogens with zero attached hydrogens (tertiary/aromatic N) is 2. The Bertz CT molecular complexity index is 1260. The van der Waals surface area contributed by atoms with Gasteiger partial charge in [0.2, 0.25) is 0 Å². The van der Waals surface area contributed by atoms with E-state index in [1.165, 1.54) is 19.3 Å². The first-order chi connectivity index (χ1) is 20.9. The molecule has 6 rings (SSSR count). The van der Waals surface area contributed by atoms with E-state index in [1.807, 2.05) is 0 Å². The molecule has 2 heterocycles. The summed E-state index contributed by atoms with van der Waals surface area (Å²) in [6, 6.07) is 3.29. The van der Waals surface area contributed by atoms with E-state index in [0.717, 1.165) is 83.2 Å². The average Bonchev–Trinajstić information content (AvgIpc) is 3.20. The van der Waals surface area contributed by atoms with Gasteiger partial charge in [0, 0.05) is 76.1 Å². The van der Waals surface area contributed by atoms with Crippen molar-refractivity contribution in [1.82, 2.24) is 20.4 Å². The van der Waals surface area contributed by atoms with Crippen LogP contribution in [0, 0.1) is 28.6 Å². The minimum Gasteiger partial charge on any atom is -0.462 e. The number of aliphatic hydroxyl groups is 1. The van der Waals surface area contributed by atoms with Crippen LogP contribution in [0.1, 0.15) is 83.6 Å². The van der Waals surface area contributed by atoms with Crippen LogP contribution < -0.4 is 16.3 Å². The quantitative estimate of drug-likeness (QED) is 0.418. The number of esters is 1. The van der Waals surface area contributed by atoms with Crippen LogP contribution in [-0.2, 0) is 9.53 Å². The Morgan fingerprint density at radius 3 is 2.55 bits per heavy atom. The summed E-state index contributed by atoms with van der Waals surface area (Å²) in [4.78, 5) is 41.5. The van der Waals surface area contributed by atoms with Gasteiger partial charge in [-0.1, -0.05) is 13.8 Å². The number of ether oxygens (including phenoxy) is 1. The van der Waals surface area contributed by atoms with Gasteiger partial charge in [-0.15, -0.1) is 0 Å². The highest BCUT2D eigenvalue weighted by atomic mass is 16.5. The maximum Gasteiger partial charge on any atom is 0.335 e. The van der Waals surface area contributed by atoms with E-state index in [9.17, 15) is 19.5 Å². The molecule has 44 heavy (non-hydrogen) atoms. The molecule has 0 aromatic carbocycles. The van der Waals surface area contributed by atoms with Crippen molar-refractivity contribution >= 4 is 12.0 Å². The maximum atomic E-state index is 12.8. The van der Waals surface area contributed by atoms with Crippen LogP contribution in [0.25, 0.3) is 0 Å². The molecule has 4 saturated carbocycles. The number of carbonyl (C=O) groups is 2. The van der Waals surface area contributed by atoms with E-state index in [-0.39, 0.29) is 35.3 Å². The molecule has 1 saturated heterocycles. The molecule has 2 amide bonds. The second-order valence-corrected chi connectivity index (χ2v) is 15.1. The van der Waals surface area contributed by atoms with Crippen LogP contribution in [0.5, 0.6) is 0 Å². The van der Waals surface area contributed by atoms with Gasteiger partial charge in [-0.3, -0.25) is 9.69 Å². The summed E-state index contributed by atoms with van der Waals surface area (Å²) in [7, 11) is 2.15. The number of amides is 2. The molecular weight excluding hydrogens is 560 g/mol. The molecule has 0 unspecified atom stereocenters. The lowest BCUT2D eigenvalue weighted by molar-refractivity contribution is -0.202. The Morgan fingerprint density at radius 1 is 1.07 bits per heavy atom. The van der Waals surface area contributed by atoms with Crippen molar-refractivity contribution in [2.45, 2.75) is 95.8 Å². The summed E-state index contributed by atoms with van der Waals surface area (Å²) >= 11 is 0. The zero-order valence-corrected chi connectivity index (χ0v) is 27.0. The van der Waals surface area contributed by atoms with Crippen molar-refractivity contribution in [2.24, 2.45) is 28.6 Å². The van der Waals surface area contributed by atoms with Crippen LogP contribution in [0.3, 0.4) is 0 Å². The molecule has 1 aromatic rings. The van der Waals surface area contributed by atoms with Gasteiger partial charge in [0.15, 0.2) is 0 Å². The lowest BCUT2D eigenvalue weighted by atomic mass is 9.43. The lowest BCUT2D eigenvalue weighted by Crippen LogP contribution is -2.62. The highest BCUT2D eigenvalue weighted by molar-refractivity contribution is 5.74. The Hall–Kier alpha value is -2.43. The predicted molar refractivity (Wildman–Crippen MR) is 166 cm³/mol. The summed E-state index contributed by atoms with van der Waals surface area (Å²) in [5.41, 5.74) is -1.03. The molecule has 1 aliphatic heterocycles. The van der Waals surface area contributed by atoms with E-state index in [0.29, 0.717) is 24.8 Å². The number of fused-ring (bicyclic) bond motifs is 5. The first-order valence-corrected chi connectivity index (χ1v) is 16.9. The summed E-state index contributed by atoms with van der Waals surface area (Å²) in [5, 5.41) is 19.1. The average molecular weight is 613 g/mol. The van der Waals surface area contributed by atoms with Crippen LogP contribution >= 0.6 is 0 Å². The number of carbonyl (C=O) groups excluding carboxylic acids is 2. The zero-order chi connectivity index (χ0) is 31.3. The number of urea groups is 1. The number of hydrogen-bond donors (Lipinski definition) is 3. The summed E-state index contributed by atoms with van der Waals surface area (Å²) in [6.45, 7) is 11.8. The standard InChI is InChI=1S/C34H52N4O6/c1-22(39)44-28-20-34(42)27-7-6-24-19-25(36-31(41)35-13-14-38-17-15-37(4)16-18-38)9-11-32(24,2)26(27)10-12-33(34,3)30(28)23-5-8-29(40)43-21-23/h5,8,21,24-28,30,42H,6-7,9-20H2,1-4H3,(H2,35,36,41)/t24-,25+,26+,27-,28+,30+,32+,33-,34+/m1/s1. The first-order valence-electron chi connectivity index (χ1n) is 16.9. The number of nitrogens with one attached hydrogen (secondary N) is 2. The van der Waals surface area contributed by atoms with Crippen LogP contribution in [0.2, 0.25) is 0 Å². The van der Waals surface area contributed by atoms with Gasteiger partial charge >= 0.3 is 17.6 Å². The molecular formula is C34H52N4O6. The van der Waals surface area contributed by atoms with E-state index in [1.54, 1.807) is 6.07 Å². The zero-order valence-electron chi connectivity index (χ0n) is 27.0. The van der Waals surface area contributed by atoms with Crippen molar-refractivity contribution in [3.63, 3.8) is 0 Å². The molecule has 5 fully saturated rings. The monoisotopic (exact) mass is 612 g/mol. The fraction of sp³-hybridized carbons (Fsp3) is 0.794. The minimum absolute atomic E-state index is 0.0607. The van der Waals surface area contributed by atoms with Crippen LogP contribution in [0.4, 0.5) is 4.79 Å². The Kier molecular flexibility index (Phi) is 8.65. The third-order valence-corrected chi connectivity index (χ3v) is 12.9. The molecule has 0 spiro atoms. The number of likely N-dealkylation sites (N-methyl/N-ethyl adjacent to an activating group) is 1. The minimum atomic E-state index is -0.996. The highest BCUT2D eigenvalue weighted by Crippen LogP contribution is 2.70. The number of hydrogen-bond acceptors (Lipinski definition) is 8. The molecule has 5 aliphatic rings. The van der Waals surface area contributed by atoms with Gasteiger partial charge < -0.3 is 29.8 Å². The van der Waals surface area contributed by atoms with Crippen LogP contribution in [-0.4, -0.2) is 91.0 Å². The van der Waals surface area contributed by atoms with Gasteiger partial charge in [-0.2, -0.15) is 0 Å². The third kappa shape index (κ3) is 5.60. The maximum absolute atomic E-state index is 12.8. The summed E-state index contributed by atoms with van der Waals surface area (Å²) in [5.74, 6) is 0.351. The molecule has 4 aliphatic carbocycles. The van der Waals surface area contributed by atoms with Gasteiger partial charge in [0.05, 0.1) is 11.9 Å². The molecule has 9 atom stereocenters. The molecule has 244 valence electrons. The molecule has 10 nitrogen and oxygen atoms in total. The molecule has 0 bridgehead atoms. The molecule has 3 N–H and O–H groups in total. The molecule has 1 aromatic heterocycles. The second-order valence-electron chi connectivity index (χ2n) is 15.1. The fourth-order valence-corrected chi connectivity index (χ4v) is 10.5. The lowest BCUT2D eigenvalue weighted by Gasteiger charge is -2.63. The van der Waals surface area contributed by atoms with E-state index in [2.05, 4.69) is 41.3 Å². The fourth-order valence-electron chi connectivity index (χ4n) is 10.5. The van der Waals surface area contributed by atoms with Crippen molar-refractivity contribution < 1.29 is 23.8 Å². The van der Waals surface area contributed by atoms with E-state index in [4.69, 9.17) is 9.15 Å². The third-order valence-electron chi connectivity index (χ3n) is 12.9. The van der Waals surface area contributed by atoms with Gasteiger partial charge in [-0.05, 0) is 86.8 Å². The van der Waals surface area contributed by atoms with Crippen LogP contribution in [0.15, 0.2) is 27.6 Å². The van der Waals surface area contributed by atoms with Gasteiger partial charge in [0.1, 0.15) is 6.10 Å². The molecule has 10 heteroatoms. The van der Waals surface area contributed by atoms with E-state index < -0.39 is 22.7 Å². The van der Waals surface area contributed by atoms with Gasteiger partial charge in [-0.25, -0.2) is 9.59 Å². The van der Waals surface area contributed by atoms with E-state index >= 15 is 0 Å². The second kappa shape index (κ2) is 12.1. The highest BCUT2D eigenvalue weighted by Gasteiger charge is 2.70. The SMILES string of the molecule is CC(=O)O[C@H]1C[C@]2(O)[C@@H]3CC[C@@H]4C[C@@H](NC(=O)NCCN5CCN(C)CC5)CC[C@]4(C)[C@H]3CC[C@]2(C)[C@H]1c1ccc(=O)oc1. The number of rotatable bonds is 6. The molecule has 0 radical (unpaired) electrons. The Morgan fingerprint density at radius 2 is 1.84 bits per heavy atom. The summed E-state index contributed by atoms with van der Waals surface area (Å²) in [6.07, 6.45) is 8.10. The Labute approximate surface area is 261 Å². The van der Waals surface area contributed by atoms with Crippen molar-refractivity contribution in [2.75, 3.05) is 46.3 Å². The van der Waals surface area contributed by atoms with Crippen molar-refractivity contribution in [3.05, 3.63) is 34.4 Å². The normalized spacial score (nSPS) is 40.8.